The van der Waals surface area contributed by atoms with E-state index in [2.05, 4.69) is 0 Å². The van der Waals surface area contributed by atoms with Crippen LogP contribution in [-0.4, -0.2) is 12.1 Å². The largest absolute Gasteiger partial charge is 0.490 e. The highest BCUT2D eigenvalue weighted by Crippen LogP contribution is 2.52. The third-order valence-electron chi connectivity index (χ3n) is 5.04. The first-order valence-corrected chi connectivity index (χ1v) is 7.68. The maximum absolute atomic E-state index is 6.29. The Balaban J connectivity index is 1.74. The van der Waals surface area contributed by atoms with Crippen molar-refractivity contribution in [2.45, 2.75) is 57.6 Å². The maximum Gasteiger partial charge on any atom is 0.120 e. The Kier molecular flexibility index (Phi) is 3.48. The highest BCUT2D eigenvalue weighted by Gasteiger charge is 2.54. The summed E-state index contributed by atoms with van der Waals surface area (Å²) in [4.78, 5) is 0. The van der Waals surface area contributed by atoms with Gasteiger partial charge in [0, 0.05) is 22.9 Å². The Hall–Kier alpha value is -0.730. The fourth-order valence-corrected chi connectivity index (χ4v) is 3.82. The van der Waals surface area contributed by atoms with Gasteiger partial charge in [0.25, 0.3) is 0 Å². The summed E-state index contributed by atoms with van der Waals surface area (Å²) in [5.41, 5.74) is 7.60. The van der Waals surface area contributed by atoms with E-state index in [1.807, 2.05) is 25.1 Å². The van der Waals surface area contributed by atoms with Crippen LogP contribution in [0.5, 0.6) is 5.75 Å². The SMILES string of the molecule is Cc1cc(OC2CC(N)C23CCCCC3)ccc1Cl. The fraction of sp³-hybridized carbons (Fsp3) is 0.625. The molecule has 1 aromatic rings. The molecule has 2 unspecified atom stereocenters. The van der Waals surface area contributed by atoms with Gasteiger partial charge in [-0.2, -0.15) is 0 Å². The highest BCUT2D eigenvalue weighted by molar-refractivity contribution is 6.31. The van der Waals surface area contributed by atoms with E-state index in [1.165, 1.54) is 32.1 Å². The molecule has 2 aliphatic rings. The van der Waals surface area contributed by atoms with Crippen molar-refractivity contribution in [1.29, 1.82) is 0 Å². The lowest BCUT2D eigenvalue weighted by Crippen LogP contribution is -2.64. The van der Waals surface area contributed by atoms with Gasteiger partial charge in [0.05, 0.1) is 0 Å². The molecule has 2 saturated carbocycles. The molecule has 2 atom stereocenters. The van der Waals surface area contributed by atoms with E-state index in [-0.39, 0.29) is 5.41 Å². The Labute approximate surface area is 120 Å². The van der Waals surface area contributed by atoms with Crippen molar-refractivity contribution in [3.63, 3.8) is 0 Å². The van der Waals surface area contributed by atoms with E-state index < -0.39 is 0 Å². The van der Waals surface area contributed by atoms with Crippen molar-refractivity contribution in [3.8, 4) is 5.75 Å². The number of aryl methyl sites for hydroxylation is 1. The summed E-state index contributed by atoms with van der Waals surface area (Å²) in [5, 5.41) is 0.796. The first-order chi connectivity index (χ1) is 9.12. The standard InChI is InChI=1S/C16H22ClNO/c1-11-9-12(5-6-13(11)17)19-15-10-14(18)16(15)7-3-2-4-8-16/h5-6,9,14-15H,2-4,7-8,10,18H2,1H3. The lowest BCUT2D eigenvalue weighted by Gasteiger charge is -2.56. The molecule has 3 rings (SSSR count). The minimum absolute atomic E-state index is 0.242. The van der Waals surface area contributed by atoms with E-state index >= 15 is 0 Å². The van der Waals surface area contributed by atoms with Gasteiger partial charge in [-0.25, -0.2) is 0 Å². The van der Waals surface area contributed by atoms with Crippen LogP contribution in [0.25, 0.3) is 0 Å². The molecule has 0 bridgehead atoms. The highest BCUT2D eigenvalue weighted by atomic mass is 35.5. The van der Waals surface area contributed by atoms with Crippen LogP contribution in [-0.2, 0) is 0 Å². The molecule has 0 radical (unpaired) electrons. The summed E-state index contributed by atoms with van der Waals surface area (Å²) < 4.78 is 6.21. The van der Waals surface area contributed by atoms with E-state index in [0.29, 0.717) is 12.1 Å². The zero-order valence-corrected chi connectivity index (χ0v) is 12.2. The Bertz CT molecular complexity index is 468. The molecule has 2 fully saturated rings. The van der Waals surface area contributed by atoms with E-state index in [1.54, 1.807) is 0 Å². The van der Waals surface area contributed by atoms with Crippen LogP contribution in [0.4, 0.5) is 0 Å². The molecule has 3 heteroatoms. The lowest BCUT2D eigenvalue weighted by atomic mass is 9.55. The number of halogens is 1. The quantitative estimate of drug-likeness (QED) is 0.885. The van der Waals surface area contributed by atoms with Crippen molar-refractivity contribution in [2.75, 3.05) is 0 Å². The first kappa shape index (κ1) is 13.3. The summed E-state index contributed by atoms with van der Waals surface area (Å²) in [5.74, 6) is 0.934. The van der Waals surface area contributed by atoms with Gasteiger partial charge in [-0.1, -0.05) is 30.9 Å². The molecular weight excluding hydrogens is 258 g/mol. The van der Waals surface area contributed by atoms with Crippen LogP contribution < -0.4 is 10.5 Å². The molecule has 2 nitrogen and oxygen atoms in total. The van der Waals surface area contributed by atoms with Gasteiger partial charge in [0.15, 0.2) is 0 Å². The zero-order chi connectivity index (χ0) is 13.5. The van der Waals surface area contributed by atoms with Crippen LogP contribution >= 0.6 is 11.6 Å². The molecule has 0 saturated heterocycles. The van der Waals surface area contributed by atoms with Crippen molar-refractivity contribution >= 4 is 11.6 Å². The summed E-state index contributed by atoms with van der Waals surface area (Å²) in [6.45, 7) is 2.01. The summed E-state index contributed by atoms with van der Waals surface area (Å²) in [7, 11) is 0. The van der Waals surface area contributed by atoms with Gasteiger partial charge >= 0.3 is 0 Å². The third kappa shape index (κ3) is 2.25. The van der Waals surface area contributed by atoms with Crippen molar-refractivity contribution in [2.24, 2.45) is 11.1 Å². The second-order valence-electron chi connectivity index (χ2n) is 6.15. The number of benzene rings is 1. The van der Waals surface area contributed by atoms with E-state index in [0.717, 1.165) is 22.8 Å². The fourth-order valence-electron chi connectivity index (χ4n) is 3.70. The van der Waals surface area contributed by atoms with Crippen LogP contribution in [0.2, 0.25) is 5.02 Å². The molecule has 0 aromatic heterocycles. The lowest BCUT2D eigenvalue weighted by molar-refractivity contribution is -0.0898. The molecule has 2 N–H and O–H groups in total. The molecule has 0 amide bonds. The van der Waals surface area contributed by atoms with Crippen LogP contribution in [0.1, 0.15) is 44.1 Å². The zero-order valence-electron chi connectivity index (χ0n) is 11.5. The van der Waals surface area contributed by atoms with Crippen LogP contribution in [0.15, 0.2) is 18.2 Å². The number of ether oxygens (including phenoxy) is 1. The number of hydrogen-bond acceptors (Lipinski definition) is 2. The monoisotopic (exact) mass is 279 g/mol. The minimum atomic E-state index is 0.242. The minimum Gasteiger partial charge on any atom is -0.490 e. The normalized spacial score (nSPS) is 29.0. The smallest absolute Gasteiger partial charge is 0.120 e. The van der Waals surface area contributed by atoms with Crippen LogP contribution in [0, 0.1) is 12.3 Å². The van der Waals surface area contributed by atoms with Gasteiger partial charge in [0.1, 0.15) is 11.9 Å². The third-order valence-corrected chi connectivity index (χ3v) is 5.46. The number of hydrogen-bond donors (Lipinski definition) is 1. The number of nitrogens with two attached hydrogens (primary N) is 1. The van der Waals surface area contributed by atoms with Gasteiger partial charge < -0.3 is 10.5 Å². The van der Waals surface area contributed by atoms with Crippen molar-refractivity contribution < 1.29 is 4.74 Å². The van der Waals surface area contributed by atoms with Gasteiger partial charge in [-0.05, 0) is 43.5 Å². The predicted molar refractivity (Wildman–Crippen MR) is 78.7 cm³/mol. The van der Waals surface area contributed by atoms with Gasteiger partial charge in [-0.3, -0.25) is 0 Å². The van der Waals surface area contributed by atoms with Crippen molar-refractivity contribution in [3.05, 3.63) is 28.8 Å². The second-order valence-corrected chi connectivity index (χ2v) is 6.56. The Morgan fingerprint density at radius 1 is 1.26 bits per heavy atom. The average molecular weight is 280 g/mol. The number of rotatable bonds is 2. The topological polar surface area (TPSA) is 35.2 Å². The summed E-state index contributed by atoms with van der Waals surface area (Å²) >= 11 is 6.05. The van der Waals surface area contributed by atoms with Crippen molar-refractivity contribution in [1.82, 2.24) is 0 Å². The molecule has 0 heterocycles. The molecule has 104 valence electrons. The molecule has 1 aromatic carbocycles. The summed E-state index contributed by atoms with van der Waals surface area (Å²) in [6.07, 6.45) is 7.68. The van der Waals surface area contributed by atoms with Gasteiger partial charge in [-0.15, -0.1) is 0 Å². The predicted octanol–water partition coefficient (Wildman–Crippen LogP) is 4.08. The average Bonchev–Trinajstić information content (AvgIpc) is 2.43. The van der Waals surface area contributed by atoms with Crippen LogP contribution in [0.3, 0.4) is 0 Å². The Morgan fingerprint density at radius 2 is 2.00 bits per heavy atom. The van der Waals surface area contributed by atoms with E-state index in [4.69, 9.17) is 22.1 Å². The Morgan fingerprint density at radius 3 is 2.63 bits per heavy atom. The maximum atomic E-state index is 6.29. The first-order valence-electron chi connectivity index (χ1n) is 7.30. The molecule has 1 spiro atoms. The molecular formula is C16H22ClNO. The van der Waals surface area contributed by atoms with Gasteiger partial charge in [0.2, 0.25) is 0 Å². The molecule has 0 aliphatic heterocycles. The van der Waals surface area contributed by atoms with E-state index in [9.17, 15) is 0 Å². The second kappa shape index (κ2) is 4.99. The summed E-state index contributed by atoms with van der Waals surface area (Å²) in [6, 6.07) is 6.24. The molecule has 2 aliphatic carbocycles. The molecule has 19 heavy (non-hydrogen) atoms.